The lowest BCUT2D eigenvalue weighted by Gasteiger charge is -2.30. The van der Waals surface area contributed by atoms with Crippen molar-refractivity contribution < 1.29 is 28.6 Å². The molecule has 33 heavy (non-hydrogen) atoms. The first-order valence-corrected chi connectivity index (χ1v) is 11.3. The summed E-state index contributed by atoms with van der Waals surface area (Å²) in [6.45, 7) is 6.45. The van der Waals surface area contributed by atoms with E-state index in [-0.39, 0.29) is 12.6 Å². The summed E-state index contributed by atoms with van der Waals surface area (Å²) >= 11 is 12.8. The monoisotopic (exact) mass is 493 g/mol. The number of rotatable bonds is 6. The maximum Gasteiger partial charge on any atom is 0.350 e. The van der Waals surface area contributed by atoms with Crippen LogP contribution >= 0.6 is 23.2 Å². The van der Waals surface area contributed by atoms with Crippen LogP contribution in [0, 0.1) is 0 Å². The third-order valence-corrected chi connectivity index (χ3v) is 5.67. The quantitative estimate of drug-likeness (QED) is 0.541. The number of hydrogen-bond donors (Lipinski definition) is 0. The molecule has 0 saturated carbocycles. The van der Waals surface area contributed by atoms with Gasteiger partial charge < -0.3 is 19.1 Å². The predicted octanol–water partition coefficient (Wildman–Crippen LogP) is 4.72. The van der Waals surface area contributed by atoms with Gasteiger partial charge in [0.2, 0.25) is 6.10 Å². The number of nitrogens with zero attached hydrogens (tertiary/aromatic N) is 1. The lowest BCUT2D eigenvalue weighted by molar-refractivity contribution is -0.181. The largest absolute Gasteiger partial charge is 0.463 e. The van der Waals surface area contributed by atoms with E-state index in [1.54, 1.807) is 49.4 Å². The first-order valence-electron chi connectivity index (χ1n) is 10.5. The van der Waals surface area contributed by atoms with Crippen molar-refractivity contribution in [3.8, 4) is 0 Å². The number of amides is 1. The van der Waals surface area contributed by atoms with E-state index in [1.165, 1.54) is 4.90 Å². The maximum atomic E-state index is 13.8. The fourth-order valence-electron chi connectivity index (χ4n) is 3.79. The summed E-state index contributed by atoms with van der Waals surface area (Å²) in [5.74, 6) is -2.18. The van der Waals surface area contributed by atoms with Crippen LogP contribution in [-0.4, -0.2) is 42.7 Å². The van der Waals surface area contributed by atoms with Gasteiger partial charge >= 0.3 is 11.9 Å². The molecule has 1 aliphatic heterocycles. The average molecular weight is 494 g/mol. The van der Waals surface area contributed by atoms with Gasteiger partial charge in [-0.2, -0.15) is 0 Å². The second kappa shape index (κ2) is 10.5. The molecule has 0 fully saturated rings. The van der Waals surface area contributed by atoms with Gasteiger partial charge in [0.15, 0.2) is 6.10 Å². The molecule has 0 saturated heterocycles. The van der Waals surface area contributed by atoms with E-state index in [9.17, 15) is 14.4 Å². The number of hydrogen-bond acceptors (Lipinski definition) is 6. The molecule has 1 amide bonds. The van der Waals surface area contributed by atoms with E-state index < -0.39 is 36.2 Å². The molecular weight excluding hydrogens is 469 g/mol. The SMILES string of the molecule is CCOC(=O)[C@@H](OC(C)=O)[C@H]1O[C@H](c2ccccc2Cl)c2cc(Cl)ccc2N(C(C)C)C1=O. The van der Waals surface area contributed by atoms with Crippen molar-refractivity contribution in [2.75, 3.05) is 11.5 Å². The Morgan fingerprint density at radius 1 is 1.12 bits per heavy atom. The molecule has 176 valence electrons. The third kappa shape index (κ3) is 5.32. The Bertz CT molecular complexity index is 1060. The van der Waals surface area contributed by atoms with Gasteiger partial charge in [-0.1, -0.05) is 41.4 Å². The Labute approximate surface area is 202 Å². The van der Waals surface area contributed by atoms with Gasteiger partial charge in [-0.15, -0.1) is 0 Å². The molecule has 1 heterocycles. The van der Waals surface area contributed by atoms with Crippen LogP contribution in [0.2, 0.25) is 10.0 Å². The van der Waals surface area contributed by atoms with Gasteiger partial charge in [0, 0.05) is 34.1 Å². The second-order valence-corrected chi connectivity index (χ2v) is 8.59. The van der Waals surface area contributed by atoms with Crippen molar-refractivity contribution in [2.24, 2.45) is 0 Å². The number of carbonyl (C=O) groups is 3. The number of esters is 2. The fourth-order valence-corrected chi connectivity index (χ4v) is 4.20. The highest BCUT2D eigenvalue weighted by molar-refractivity contribution is 6.31. The lowest BCUT2D eigenvalue weighted by atomic mass is 9.99. The lowest BCUT2D eigenvalue weighted by Crippen LogP contribution is -2.52. The molecule has 0 aliphatic carbocycles. The molecule has 2 aromatic rings. The van der Waals surface area contributed by atoms with Crippen LogP contribution in [0.3, 0.4) is 0 Å². The van der Waals surface area contributed by atoms with Crippen LogP contribution in [0.15, 0.2) is 42.5 Å². The molecule has 9 heteroatoms. The normalized spacial score (nSPS) is 19.0. The molecule has 2 aromatic carbocycles. The Morgan fingerprint density at radius 2 is 1.82 bits per heavy atom. The van der Waals surface area contributed by atoms with E-state index in [0.29, 0.717) is 26.9 Å². The van der Waals surface area contributed by atoms with E-state index in [4.69, 9.17) is 37.4 Å². The molecule has 0 N–H and O–H groups in total. The summed E-state index contributed by atoms with van der Waals surface area (Å²) in [5.41, 5.74) is 1.71. The van der Waals surface area contributed by atoms with Crippen molar-refractivity contribution in [3.05, 3.63) is 63.6 Å². The third-order valence-electron chi connectivity index (χ3n) is 5.09. The minimum Gasteiger partial charge on any atom is -0.463 e. The van der Waals surface area contributed by atoms with Gasteiger partial charge in [0.05, 0.1) is 12.3 Å². The standard InChI is InChI=1S/C24H25Cl2NO6/c1-5-31-24(30)22(32-14(4)28)21-23(29)27(13(2)3)19-11-10-15(25)12-17(19)20(33-21)16-8-6-7-9-18(16)26/h6-13,20-22H,5H2,1-4H3/t20-,21-,22+/m1/s1. The molecule has 3 atom stereocenters. The molecule has 1 aliphatic rings. The summed E-state index contributed by atoms with van der Waals surface area (Å²) in [4.78, 5) is 39.9. The number of carbonyl (C=O) groups excluding carboxylic acids is 3. The highest BCUT2D eigenvalue weighted by atomic mass is 35.5. The van der Waals surface area contributed by atoms with Crippen LogP contribution in [0.1, 0.15) is 44.9 Å². The van der Waals surface area contributed by atoms with Crippen LogP contribution in [0.25, 0.3) is 0 Å². The van der Waals surface area contributed by atoms with Crippen LogP contribution in [-0.2, 0) is 28.6 Å². The minimum absolute atomic E-state index is 0.0369. The molecule has 0 radical (unpaired) electrons. The average Bonchev–Trinajstić information content (AvgIpc) is 2.86. The summed E-state index contributed by atoms with van der Waals surface area (Å²) < 4.78 is 16.6. The predicted molar refractivity (Wildman–Crippen MR) is 124 cm³/mol. The fraction of sp³-hybridized carbons (Fsp3) is 0.375. The zero-order valence-electron chi connectivity index (χ0n) is 18.7. The number of anilines is 1. The zero-order chi connectivity index (χ0) is 24.3. The smallest absolute Gasteiger partial charge is 0.350 e. The zero-order valence-corrected chi connectivity index (χ0v) is 20.2. The van der Waals surface area contributed by atoms with E-state index in [1.807, 2.05) is 13.8 Å². The molecular formula is C24H25Cl2NO6. The van der Waals surface area contributed by atoms with Crippen molar-refractivity contribution in [3.63, 3.8) is 0 Å². The number of fused-ring (bicyclic) bond motifs is 1. The summed E-state index contributed by atoms with van der Waals surface area (Å²) in [7, 11) is 0. The summed E-state index contributed by atoms with van der Waals surface area (Å²) in [5, 5.41) is 0.837. The molecule has 0 aromatic heterocycles. The van der Waals surface area contributed by atoms with Crippen molar-refractivity contribution in [1.82, 2.24) is 0 Å². The van der Waals surface area contributed by atoms with Crippen LogP contribution < -0.4 is 4.90 Å². The van der Waals surface area contributed by atoms with Crippen molar-refractivity contribution in [1.29, 1.82) is 0 Å². The highest BCUT2D eigenvalue weighted by Crippen LogP contribution is 2.42. The van der Waals surface area contributed by atoms with Crippen LogP contribution in [0.5, 0.6) is 0 Å². The van der Waals surface area contributed by atoms with Gasteiger partial charge in [0.25, 0.3) is 5.91 Å². The molecule has 7 nitrogen and oxygen atoms in total. The Hall–Kier alpha value is -2.61. The van der Waals surface area contributed by atoms with Gasteiger partial charge in [-0.05, 0) is 45.0 Å². The van der Waals surface area contributed by atoms with Crippen molar-refractivity contribution in [2.45, 2.75) is 52.0 Å². The maximum absolute atomic E-state index is 13.8. The first kappa shape index (κ1) is 25.0. The minimum atomic E-state index is -1.61. The summed E-state index contributed by atoms with van der Waals surface area (Å²) in [6.07, 6.45) is -3.97. The Balaban J connectivity index is 2.25. The Morgan fingerprint density at radius 3 is 2.42 bits per heavy atom. The molecule has 0 spiro atoms. The number of halogens is 2. The molecule has 0 bridgehead atoms. The van der Waals surface area contributed by atoms with Crippen LogP contribution in [0.4, 0.5) is 5.69 Å². The van der Waals surface area contributed by atoms with Gasteiger partial charge in [0.1, 0.15) is 6.10 Å². The first-order chi connectivity index (χ1) is 15.6. The van der Waals surface area contributed by atoms with E-state index in [2.05, 4.69) is 0 Å². The van der Waals surface area contributed by atoms with Crippen molar-refractivity contribution >= 4 is 46.7 Å². The Kier molecular flexibility index (Phi) is 8.00. The van der Waals surface area contributed by atoms with Gasteiger partial charge in [-0.3, -0.25) is 9.59 Å². The number of benzene rings is 2. The topological polar surface area (TPSA) is 82.1 Å². The second-order valence-electron chi connectivity index (χ2n) is 7.75. The highest BCUT2D eigenvalue weighted by Gasteiger charge is 2.46. The van der Waals surface area contributed by atoms with Gasteiger partial charge in [-0.25, -0.2) is 4.79 Å². The summed E-state index contributed by atoms with van der Waals surface area (Å²) in [6, 6.07) is 11.8. The van der Waals surface area contributed by atoms with E-state index >= 15 is 0 Å². The van der Waals surface area contributed by atoms with E-state index in [0.717, 1.165) is 6.92 Å². The molecule has 3 rings (SSSR count). The number of ether oxygens (including phenoxy) is 3. The molecule has 0 unspecified atom stereocenters.